The molecule has 0 saturated heterocycles. The predicted molar refractivity (Wildman–Crippen MR) is 133 cm³/mol. The molecule has 4 rings (SSSR count). The Kier molecular flexibility index (Phi) is 8.29. The number of allylic oxidation sites excluding steroid dienone is 1. The lowest BCUT2D eigenvalue weighted by atomic mass is 9.94. The highest BCUT2D eigenvalue weighted by Crippen LogP contribution is 2.35. The summed E-state index contributed by atoms with van der Waals surface area (Å²) in [5.41, 5.74) is 2.67. The van der Waals surface area contributed by atoms with E-state index in [1.807, 2.05) is 36.4 Å². The van der Waals surface area contributed by atoms with Gasteiger partial charge < -0.3 is 24.8 Å². The standard InChI is InChI=1S/C28H34N2O5/c1-19-25(27(31)35-22-13-9-4-3-5-10-14-22)26(30-28(32)29-19)21-15-16-23(24(17-21)33-2)34-18-20-11-7-6-8-12-20/h6-8,11-12,15-17,22,26H,3-5,9-10,13-14,18H2,1-2H3,(H2,29,30,32). The highest BCUT2D eigenvalue weighted by molar-refractivity contribution is 5.95. The van der Waals surface area contributed by atoms with Crippen molar-refractivity contribution in [3.63, 3.8) is 0 Å². The van der Waals surface area contributed by atoms with Crippen LogP contribution in [0.1, 0.15) is 69.0 Å². The number of esters is 1. The Hall–Kier alpha value is -3.48. The maximum atomic E-state index is 13.3. The minimum atomic E-state index is -0.651. The van der Waals surface area contributed by atoms with Crippen molar-refractivity contribution >= 4 is 12.0 Å². The summed E-state index contributed by atoms with van der Waals surface area (Å²) in [6.45, 7) is 2.13. The molecule has 0 radical (unpaired) electrons. The summed E-state index contributed by atoms with van der Waals surface area (Å²) in [6, 6.07) is 14.3. The van der Waals surface area contributed by atoms with Crippen LogP contribution in [0.5, 0.6) is 11.5 Å². The lowest BCUT2D eigenvalue weighted by Crippen LogP contribution is -2.45. The average molecular weight is 479 g/mol. The van der Waals surface area contributed by atoms with Crippen LogP contribution in [0, 0.1) is 0 Å². The van der Waals surface area contributed by atoms with Crippen LogP contribution in [-0.4, -0.2) is 25.2 Å². The van der Waals surface area contributed by atoms with Gasteiger partial charge in [-0.05, 0) is 55.9 Å². The van der Waals surface area contributed by atoms with Crippen LogP contribution in [0.4, 0.5) is 4.79 Å². The largest absolute Gasteiger partial charge is 0.493 e. The monoisotopic (exact) mass is 478 g/mol. The summed E-state index contributed by atoms with van der Waals surface area (Å²) >= 11 is 0. The summed E-state index contributed by atoms with van der Waals surface area (Å²) in [5.74, 6) is 0.713. The third-order valence-corrected chi connectivity index (χ3v) is 6.57. The first-order valence-corrected chi connectivity index (χ1v) is 12.4. The SMILES string of the molecule is COc1cc(C2NC(=O)NC(C)=C2C(=O)OC2CCCCCCC2)ccc1OCc1ccccc1. The maximum absolute atomic E-state index is 13.3. The zero-order chi connectivity index (χ0) is 24.6. The number of nitrogens with one attached hydrogen (secondary N) is 2. The van der Waals surface area contributed by atoms with Crippen LogP contribution in [-0.2, 0) is 16.1 Å². The fraction of sp³-hybridized carbons (Fsp3) is 0.429. The summed E-state index contributed by atoms with van der Waals surface area (Å²) in [5, 5.41) is 5.60. The molecule has 1 atom stereocenters. The molecule has 1 heterocycles. The van der Waals surface area contributed by atoms with Crippen LogP contribution in [0.25, 0.3) is 0 Å². The topological polar surface area (TPSA) is 85.9 Å². The van der Waals surface area contributed by atoms with Gasteiger partial charge in [-0.1, -0.05) is 55.7 Å². The fourth-order valence-electron chi connectivity index (χ4n) is 4.68. The van der Waals surface area contributed by atoms with E-state index in [1.165, 1.54) is 19.3 Å². The van der Waals surface area contributed by atoms with Gasteiger partial charge in [0.05, 0.1) is 18.7 Å². The average Bonchev–Trinajstić information content (AvgIpc) is 2.84. The molecule has 2 aliphatic rings. The third kappa shape index (κ3) is 6.35. The van der Waals surface area contributed by atoms with E-state index in [1.54, 1.807) is 26.2 Å². The number of amides is 2. The van der Waals surface area contributed by atoms with Crippen molar-refractivity contribution in [2.45, 2.75) is 70.6 Å². The molecule has 2 amide bonds. The number of rotatable bonds is 7. The first-order chi connectivity index (χ1) is 17.0. The van der Waals surface area contributed by atoms with E-state index >= 15 is 0 Å². The number of hydrogen-bond donors (Lipinski definition) is 2. The molecule has 0 spiro atoms. The molecule has 1 saturated carbocycles. The second kappa shape index (κ2) is 11.8. The van der Waals surface area contributed by atoms with E-state index < -0.39 is 12.0 Å². The van der Waals surface area contributed by atoms with E-state index in [-0.39, 0.29) is 12.1 Å². The van der Waals surface area contributed by atoms with Crippen LogP contribution in [0.15, 0.2) is 59.8 Å². The van der Waals surface area contributed by atoms with E-state index in [0.717, 1.165) is 31.2 Å². The van der Waals surface area contributed by atoms with Crippen LogP contribution in [0.2, 0.25) is 0 Å². The molecule has 186 valence electrons. The highest BCUT2D eigenvalue weighted by atomic mass is 16.5. The molecule has 2 aromatic carbocycles. The molecule has 1 aliphatic carbocycles. The van der Waals surface area contributed by atoms with Crippen molar-refractivity contribution in [3.8, 4) is 11.5 Å². The van der Waals surface area contributed by atoms with Gasteiger partial charge in [-0.2, -0.15) is 0 Å². The number of carbonyl (C=O) groups excluding carboxylic acids is 2. The third-order valence-electron chi connectivity index (χ3n) is 6.57. The predicted octanol–water partition coefficient (Wildman–Crippen LogP) is 5.56. The lowest BCUT2D eigenvalue weighted by molar-refractivity contribution is -0.145. The quantitative estimate of drug-likeness (QED) is 0.509. The smallest absolute Gasteiger partial charge is 0.338 e. The van der Waals surface area contributed by atoms with Gasteiger partial charge in [0.15, 0.2) is 11.5 Å². The molecule has 2 N–H and O–H groups in total. The van der Waals surface area contributed by atoms with E-state index in [9.17, 15) is 9.59 Å². The molecule has 1 fully saturated rings. The molecule has 7 nitrogen and oxygen atoms in total. The molecule has 7 heteroatoms. The second-order valence-corrected chi connectivity index (χ2v) is 9.13. The van der Waals surface area contributed by atoms with Gasteiger partial charge in [-0.3, -0.25) is 0 Å². The first-order valence-electron chi connectivity index (χ1n) is 12.4. The van der Waals surface area contributed by atoms with Gasteiger partial charge in [0.1, 0.15) is 12.7 Å². The van der Waals surface area contributed by atoms with Gasteiger partial charge >= 0.3 is 12.0 Å². The molecule has 35 heavy (non-hydrogen) atoms. The van der Waals surface area contributed by atoms with Crippen molar-refractivity contribution in [2.75, 3.05) is 7.11 Å². The van der Waals surface area contributed by atoms with Crippen molar-refractivity contribution in [2.24, 2.45) is 0 Å². The summed E-state index contributed by atoms with van der Waals surface area (Å²) < 4.78 is 17.5. The Balaban J connectivity index is 1.54. The molecule has 1 unspecified atom stereocenters. The lowest BCUT2D eigenvalue weighted by Gasteiger charge is -2.30. The Morgan fingerprint density at radius 1 is 0.971 bits per heavy atom. The van der Waals surface area contributed by atoms with E-state index in [4.69, 9.17) is 14.2 Å². The number of ether oxygens (including phenoxy) is 3. The Bertz CT molecular complexity index is 1060. The van der Waals surface area contributed by atoms with E-state index in [2.05, 4.69) is 10.6 Å². The molecular formula is C28H34N2O5. The normalized spacial score (nSPS) is 19.1. The fourth-order valence-corrected chi connectivity index (χ4v) is 4.68. The zero-order valence-corrected chi connectivity index (χ0v) is 20.5. The molecule has 0 bridgehead atoms. The van der Waals surface area contributed by atoms with Gasteiger partial charge in [-0.25, -0.2) is 9.59 Å². The van der Waals surface area contributed by atoms with Crippen LogP contribution in [0.3, 0.4) is 0 Å². The van der Waals surface area contributed by atoms with Gasteiger partial charge in [0, 0.05) is 5.70 Å². The van der Waals surface area contributed by atoms with Gasteiger partial charge in [0.25, 0.3) is 0 Å². The number of urea groups is 1. The molecule has 2 aromatic rings. The van der Waals surface area contributed by atoms with Crippen molar-refractivity contribution < 1.29 is 23.8 Å². The van der Waals surface area contributed by atoms with Crippen molar-refractivity contribution in [1.29, 1.82) is 0 Å². The summed E-state index contributed by atoms with van der Waals surface area (Å²) in [7, 11) is 1.57. The van der Waals surface area contributed by atoms with Gasteiger partial charge in [0.2, 0.25) is 0 Å². The van der Waals surface area contributed by atoms with Crippen molar-refractivity contribution in [1.82, 2.24) is 10.6 Å². The van der Waals surface area contributed by atoms with Gasteiger partial charge in [-0.15, -0.1) is 0 Å². The molecular weight excluding hydrogens is 444 g/mol. The minimum absolute atomic E-state index is 0.0929. The highest BCUT2D eigenvalue weighted by Gasteiger charge is 2.34. The molecule has 1 aliphatic heterocycles. The van der Waals surface area contributed by atoms with Crippen LogP contribution >= 0.6 is 0 Å². The number of benzene rings is 2. The number of hydrogen-bond acceptors (Lipinski definition) is 5. The van der Waals surface area contributed by atoms with Crippen LogP contribution < -0.4 is 20.1 Å². The first kappa shape index (κ1) is 24.6. The Morgan fingerprint density at radius 2 is 1.69 bits per heavy atom. The Morgan fingerprint density at radius 3 is 2.40 bits per heavy atom. The van der Waals surface area contributed by atoms with E-state index in [0.29, 0.717) is 34.9 Å². The number of methoxy groups -OCH3 is 1. The van der Waals surface area contributed by atoms with Crippen molar-refractivity contribution in [3.05, 3.63) is 70.9 Å². The second-order valence-electron chi connectivity index (χ2n) is 9.13. The maximum Gasteiger partial charge on any atom is 0.338 e. The molecule has 0 aromatic heterocycles. The minimum Gasteiger partial charge on any atom is -0.493 e. The zero-order valence-electron chi connectivity index (χ0n) is 20.5. The summed E-state index contributed by atoms with van der Waals surface area (Å²) in [4.78, 5) is 25.6. The Labute approximate surface area is 206 Å². The summed E-state index contributed by atoms with van der Waals surface area (Å²) in [6.07, 6.45) is 7.39. The number of carbonyl (C=O) groups is 2.